The Morgan fingerprint density at radius 1 is 1.05 bits per heavy atom. The Kier molecular flexibility index (Phi) is 6.71. The van der Waals surface area contributed by atoms with Gasteiger partial charge in [0, 0.05) is 6.04 Å². The molecule has 3 heteroatoms. The molecule has 0 radical (unpaired) electrons. The Hall–Kier alpha value is -1.22. The SMILES string of the molecule is CCCCc1cc(OC)c(C[C@H](N)CC)cc1OC. The average Bonchev–Trinajstić information content (AvgIpc) is 2.44. The zero-order valence-electron chi connectivity index (χ0n) is 12.7. The van der Waals surface area contributed by atoms with Gasteiger partial charge in [0.2, 0.25) is 0 Å². The molecule has 0 saturated heterocycles. The highest BCUT2D eigenvalue weighted by atomic mass is 16.5. The highest BCUT2D eigenvalue weighted by Crippen LogP contribution is 2.31. The summed E-state index contributed by atoms with van der Waals surface area (Å²) in [5.41, 5.74) is 8.39. The molecule has 0 bridgehead atoms. The monoisotopic (exact) mass is 265 g/mol. The molecular weight excluding hydrogens is 238 g/mol. The Morgan fingerprint density at radius 2 is 1.63 bits per heavy atom. The fraction of sp³-hybridized carbons (Fsp3) is 0.625. The second kappa shape index (κ2) is 8.05. The van der Waals surface area contributed by atoms with E-state index in [0.29, 0.717) is 0 Å². The maximum absolute atomic E-state index is 6.04. The van der Waals surface area contributed by atoms with Crippen molar-refractivity contribution in [1.29, 1.82) is 0 Å². The first-order valence-electron chi connectivity index (χ1n) is 7.15. The maximum atomic E-state index is 6.04. The van der Waals surface area contributed by atoms with E-state index >= 15 is 0 Å². The van der Waals surface area contributed by atoms with Crippen LogP contribution in [0.15, 0.2) is 12.1 Å². The first-order chi connectivity index (χ1) is 9.15. The van der Waals surface area contributed by atoms with Crippen LogP contribution in [0.1, 0.15) is 44.2 Å². The zero-order chi connectivity index (χ0) is 14.3. The van der Waals surface area contributed by atoms with E-state index in [2.05, 4.69) is 26.0 Å². The lowest BCUT2D eigenvalue weighted by Crippen LogP contribution is -2.21. The van der Waals surface area contributed by atoms with E-state index in [4.69, 9.17) is 15.2 Å². The van der Waals surface area contributed by atoms with Gasteiger partial charge >= 0.3 is 0 Å². The normalized spacial score (nSPS) is 12.3. The third kappa shape index (κ3) is 4.43. The Balaban J connectivity index is 3.04. The molecule has 0 aliphatic rings. The van der Waals surface area contributed by atoms with E-state index in [-0.39, 0.29) is 6.04 Å². The number of rotatable bonds is 8. The number of benzene rings is 1. The molecule has 1 aromatic rings. The molecular formula is C16H27NO2. The lowest BCUT2D eigenvalue weighted by molar-refractivity contribution is 0.392. The molecule has 0 heterocycles. The smallest absolute Gasteiger partial charge is 0.122 e. The average molecular weight is 265 g/mol. The molecule has 0 aliphatic carbocycles. The molecule has 1 rings (SSSR count). The third-order valence-electron chi connectivity index (χ3n) is 3.49. The van der Waals surface area contributed by atoms with Crippen molar-refractivity contribution >= 4 is 0 Å². The van der Waals surface area contributed by atoms with Crippen LogP contribution >= 0.6 is 0 Å². The van der Waals surface area contributed by atoms with Gasteiger partial charge in [-0.05, 0) is 48.9 Å². The van der Waals surface area contributed by atoms with E-state index in [0.717, 1.165) is 42.7 Å². The van der Waals surface area contributed by atoms with Gasteiger partial charge in [0.05, 0.1) is 14.2 Å². The molecule has 0 saturated carbocycles. The lowest BCUT2D eigenvalue weighted by atomic mass is 9.99. The number of hydrogen-bond donors (Lipinski definition) is 1. The molecule has 0 aromatic heterocycles. The summed E-state index contributed by atoms with van der Waals surface area (Å²) < 4.78 is 11.0. The topological polar surface area (TPSA) is 44.5 Å². The molecule has 1 atom stereocenters. The standard InChI is InChI=1S/C16H27NO2/c1-5-7-8-12-10-16(19-4)13(9-14(17)6-2)11-15(12)18-3/h10-11,14H,5-9,17H2,1-4H3/t14-/m1/s1. The number of unbranched alkanes of at least 4 members (excludes halogenated alkanes) is 1. The number of ether oxygens (including phenoxy) is 2. The predicted octanol–water partition coefficient (Wildman–Crippen LogP) is 3.33. The van der Waals surface area contributed by atoms with Gasteiger partial charge < -0.3 is 15.2 Å². The van der Waals surface area contributed by atoms with E-state index in [1.165, 1.54) is 12.0 Å². The molecule has 108 valence electrons. The molecule has 19 heavy (non-hydrogen) atoms. The van der Waals surface area contributed by atoms with Gasteiger partial charge in [0.15, 0.2) is 0 Å². The van der Waals surface area contributed by atoms with Crippen molar-refractivity contribution in [3.63, 3.8) is 0 Å². The van der Waals surface area contributed by atoms with Crippen molar-refractivity contribution in [2.75, 3.05) is 14.2 Å². The van der Waals surface area contributed by atoms with Crippen molar-refractivity contribution in [3.8, 4) is 11.5 Å². The van der Waals surface area contributed by atoms with Crippen molar-refractivity contribution in [2.45, 2.75) is 52.0 Å². The summed E-state index contributed by atoms with van der Waals surface area (Å²) in [5.74, 6) is 1.88. The van der Waals surface area contributed by atoms with Gasteiger partial charge in [-0.3, -0.25) is 0 Å². The summed E-state index contributed by atoms with van der Waals surface area (Å²) in [7, 11) is 3.44. The fourth-order valence-corrected chi connectivity index (χ4v) is 2.17. The molecule has 0 fully saturated rings. The summed E-state index contributed by atoms with van der Waals surface area (Å²) in [5, 5.41) is 0. The summed E-state index contributed by atoms with van der Waals surface area (Å²) >= 11 is 0. The Labute approximate surface area is 117 Å². The van der Waals surface area contributed by atoms with Crippen LogP contribution in [0.3, 0.4) is 0 Å². The molecule has 0 unspecified atom stereocenters. The molecule has 0 amide bonds. The zero-order valence-corrected chi connectivity index (χ0v) is 12.7. The number of hydrogen-bond acceptors (Lipinski definition) is 3. The highest BCUT2D eigenvalue weighted by molar-refractivity contribution is 5.47. The summed E-state index contributed by atoms with van der Waals surface area (Å²) in [6, 6.07) is 4.35. The maximum Gasteiger partial charge on any atom is 0.122 e. The van der Waals surface area contributed by atoms with Crippen LogP contribution in [-0.2, 0) is 12.8 Å². The first-order valence-corrected chi connectivity index (χ1v) is 7.15. The Morgan fingerprint density at radius 3 is 2.16 bits per heavy atom. The van der Waals surface area contributed by atoms with Crippen LogP contribution in [0.4, 0.5) is 0 Å². The summed E-state index contributed by atoms with van der Waals surface area (Å²) in [4.78, 5) is 0. The van der Waals surface area contributed by atoms with Gasteiger partial charge in [0.25, 0.3) is 0 Å². The Bertz CT molecular complexity index is 391. The molecule has 0 aliphatic heterocycles. The van der Waals surface area contributed by atoms with Gasteiger partial charge in [-0.25, -0.2) is 0 Å². The van der Waals surface area contributed by atoms with Crippen molar-refractivity contribution in [3.05, 3.63) is 23.3 Å². The van der Waals surface area contributed by atoms with E-state index in [9.17, 15) is 0 Å². The van der Waals surface area contributed by atoms with Gasteiger partial charge in [-0.1, -0.05) is 20.3 Å². The first kappa shape index (κ1) is 15.8. The molecule has 1 aromatic carbocycles. The minimum atomic E-state index is 0.167. The molecule has 2 N–H and O–H groups in total. The van der Waals surface area contributed by atoms with Crippen LogP contribution in [0.25, 0.3) is 0 Å². The van der Waals surface area contributed by atoms with Gasteiger partial charge in [-0.2, -0.15) is 0 Å². The quantitative estimate of drug-likeness (QED) is 0.784. The van der Waals surface area contributed by atoms with E-state index in [1.807, 2.05) is 0 Å². The largest absolute Gasteiger partial charge is 0.496 e. The minimum Gasteiger partial charge on any atom is -0.496 e. The van der Waals surface area contributed by atoms with Gasteiger partial charge in [-0.15, -0.1) is 0 Å². The second-order valence-corrected chi connectivity index (χ2v) is 4.95. The van der Waals surface area contributed by atoms with Crippen molar-refractivity contribution in [2.24, 2.45) is 5.73 Å². The summed E-state index contributed by atoms with van der Waals surface area (Å²) in [6.07, 6.45) is 5.14. The molecule has 0 spiro atoms. The third-order valence-corrected chi connectivity index (χ3v) is 3.49. The van der Waals surface area contributed by atoms with Crippen LogP contribution in [0.5, 0.6) is 11.5 Å². The van der Waals surface area contributed by atoms with Crippen molar-refractivity contribution in [1.82, 2.24) is 0 Å². The lowest BCUT2D eigenvalue weighted by Gasteiger charge is -2.17. The second-order valence-electron chi connectivity index (χ2n) is 4.95. The van der Waals surface area contributed by atoms with Crippen molar-refractivity contribution < 1.29 is 9.47 Å². The van der Waals surface area contributed by atoms with E-state index < -0.39 is 0 Å². The van der Waals surface area contributed by atoms with Crippen LogP contribution in [0, 0.1) is 0 Å². The minimum absolute atomic E-state index is 0.167. The summed E-state index contributed by atoms with van der Waals surface area (Å²) in [6.45, 7) is 4.29. The number of aryl methyl sites for hydroxylation is 1. The number of nitrogens with two attached hydrogens (primary N) is 1. The van der Waals surface area contributed by atoms with Crippen LogP contribution in [0.2, 0.25) is 0 Å². The molecule has 3 nitrogen and oxygen atoms in total. The van der Waals surface area contributed by atoms with Crippen LogP contribution < -0.4 is 15.2 Å². The fourth-order valence-electron chi connectivity index (χ4n) is 2.17. The number of methoxy groups -OCH3 is 2. The van der Waals surface area contributed by atoms with Crippen LogP contribution in [-0.4, -0.2) is 20.3 Å². The van der Waals surface area contributed by atoms with E-state index in [1.54, 1.807) is 14.2 Å². The van der Waals surface area contributed by atoms with Gasteiger partial charge in [0.1, 0.15) is 11.5 Å². The predicted molar refractivity (Wildman–Crippen MR) is 80.1 cm³/mol. The highest BCUT2D eigenvalue weighted by Gasteiger charge is 2.13.